The van der Waals surface area contributed by atoms with E-state index in [0.29, 0.717) is 39.8 Å². The molecule has 7 nitrogen and oxygen atoms in total. The molecule has 0 atom stereocenters. The minimum absolute atomic E-state index is 0.269. The van der Waals surface area contributed by atoms with E-state index in [1.807, 2.05) is 31.2 Å². The smallest absolute Gasteiger partial charge is 0.255 e. The molecule has 0 fully saturated rings. The van der Waals surface area contributed by atoms with E-state index in [-0.39, 0.29) is 11.8 Å². The van der Waals surface area contributed by atoms with Gasteiger partial charge in [-0.2, -0.15) is 0 Å². The van der Waals surface area contributed by atoms with E-state index < -0.39 is 0 Å². The first-order valence-corrected chi connectivity index (χ1v) is 9.54. The van der Waals surface area contributed by atoms with Gasteiger partial charge in [0.15, 0.2) is 11.5 Å². The van der Waals surface area contributed by atoms with Crippen molar-refractivity contribution in [3.63, 3.8) is 0 Å². The summed E-state index contributed by atoms with van der Waals surface area (Å²) in [6, 6.07) is 17.4. The highest BCUT2D eigenvalue weighted by Gasteiger charge is 2.17. The van der Waals surface area contributed by atoms with E-state index in [0.717, 1.165) is 5.56 Å². The summed E-state index contributed by atoms with van der Waals surface area (Å²) in [5, 5.41) is 5.65. The van der Waals surface area contributed by atoms with Crippen molar-refractivity contribution in [3.05, 3.63) is 77.4 Å². The molecule has 3 rings (SSSR count). The van der Waals surface area contributed by atoms with Crippen molar-refractivity contribution in [1.82, 2.24) is 0 Å². The van der Waals surface area contributed by atoms with Crippen LogP contribution in [0.1, 0.15) is 26.3 Å². The van der Waals surface area contributed by atoms with Crippen LogP contribution in [0.5, 0.6) is 17.2 Å². The first kappa shape index (κ1) is 21.7. The standard InChI is InChI=1S/C24H24N2O5/c1-15-7-5-9-18(11-15)25-23(27)16-8-6-10-19(12-16)26-24(28)17-13-20(29-2)22(31-4)21(14-17)30-3/h5-14H,1-4H3,(H,25,27)(H,26,28). The predicted octanol–water partition coefficient (Wildman–Crippen LogP) is 4.53. The van der Waals surface area contributed by atoms with Crippen LogP contribution in [-0.4, -0.2) is 33.1 Å². The number of hydrogen-bond acceptors (Lipinski definition) is 5. The Bertz CT molecular complexity index is 1090. The Morgan fingerprint density at radius 1 is 0.677 bits per heavy atom. The fraction of sp³-hybridized carbons (Fsp3) is 0.167. The molecule has 0 bridgehead atoms. The van der Waals surface area contributed by atoms with E-state index >= 15 is 0 Å². The lowest BCUT2D eigenvalue weighted by Crippen LogP contribution is -2.15. The number of nitrogens with one attached hydrogen (secondary N) is 2. The molecule has 3 aromatic carbocycles. The van der Waals surface area contributed by atoms with Gasteiger partial charge < -0.3 is 24.8 Å². The first-order chi connectivity index (χ1) is 14.9. The molecule has 2 N–H and O–H groups in total. The molecule has 31 heavy (non-hydrogen) atoms. The molecular formula is C24H24N2O5. The molecule has 0 heterocycles. The van der Waals surface area contributed by atoms with Crippen LogP contribution >= 0.6 is 0 Å². The molecule has 0 aliphatic carbocycles. The van der Waals surface area contributed by atoms with Crippen LogP contribution in [-0.2, 0) is 0 Å². The Hall–Kier alpha value is -4.00. The monoisotopic (exact) mass is 420 g/mol. The minimum atomic E-state index is -0.379. The van der Waals surface area contributed by atoms with E-state index in [9.17, 15) is 9.59 Å². The van der Waals surface area contributed by atoms with Gasteiger partial charge >= 0.3 is 0 Å². The lowest BCUT2D eigenvalue weighted by Gasteiger charge is -2.14. The van der Waals surface area contributed by atoms with Crippen LogP contribution in [0, 0.1) is 6.92 Å². The summed E-state index contributed by atoms with van der Waals surface area (Å²) in [4.78, 5) is 25.4. The average Bonchev–Trinajstić information content (AvgIpc) is 2.78. The highest BCUT2D eigenvalue weighted by atomic mass is 16.5. The van der Waals surface area contributed by atoms with Crippen LogP contribution in [0.25, 0.3) is 0 Å². The Morgan fingerprint density at radius 2 is 1.23 bits per heavy atom. The zero-order valence-electron chi connectivity index (χ0n) is 17.8. The predicted molar refractivity (Wildman–Crippen MR) is 120 cm³/mol. The summed E-state index contributed by atoms with van der Waals surface area (Å²) < 4.78 is 15.9. The van der Waals surface area contributed by atoms with Gasteiger partial charge in [-0.15, -0.1) is 0 Å². The van der Waals surface area contributed by atoms with Gasteiger partial charge in [-0.05, 0) is 55.0 Å². The molecule has 0 spiro atoms. The molecule has 7 heteroatoms. The average molecular weight is 420 g/mol. The number of ether oxygens (including phenoxy) is 3. The van der Waals surface area contributed by atoms with E-state index in [1.165, 1.54) is 21.3 Å². The van der Waals surface area contributed by atoms with E-state index in [4.69, 9.17) is 14.2 Å². The van der Waals surface area contributed by atoms with Crippen molar-refractivity contribution >= 4 is 23.2 Å². The molecule has 0 radical (unpaired) electrons. The van der Waals surface area contributed by atoms with Gasteiger partial charge in [0.05, 0.1) is 21.3 Å². The summed E-state index contributed by atoms with van der Waals surface area (Å²) in [7, 11) is 4.46. The quantitative estimate of drug-likeness (QED) is 0.587. The van der Waals surface area contributed by atoms with Crippen LogP contribution in [0.3, 0.4) is 0 Å². The van der Waals surface area contributed by atoms with Crippen molar-refractivity contribution in [2.24, 2.45) is 0 Å². The largest absolute Gasteiger partial charge is 0.493 e. The summed E-state index contributed by atoms with van der Waals surface area (Å²) in [5.74, 6) is 0.498. The second-order valence-electron chi connectivity index (χ2n) is 6.77. The third-order valence-corrected chi connectivity index (χ3v) is 4.59. The van der Waals surface area contributed by atoms with Gasteiger partial charge in [-0.1, -0.05) is 18.2 Å². The normalized spacial score (nSPS) is 10.2. The number of methoxy groups -OCH3 is 3. The van der Waals surface area contributed by atoms with Crippen LogP contribution < -0.4 is 24.8 Å². The Balaban J connectivity index is 1.79. The molecule has 0 unspecified atom stereocenters. The molecule has 0 aromatic heterocycles. The van der Waals surface area contributed by atoms with Gasteiger partial charge in [0.2, 0.25) is 5.75 Å². The third kappa shape index (κ3) is 5.14. The van der Waals surface area contributed by atoms with Crippen molar-refractivity contribution in [1.29, 1.82) is 0 Å². The van der Waals surface area contributed by atoms with Crippen molar-refractivity contribution in [3.8, 4) is 17.2 Å². The topological polar surface area (TPSA) is 85.9 Å². The number of rotatable bonds is 7. The SMILES string of the molecule is COc1cc(C(=O)Nc2cccc(C(=O)Nc3cccc(C)c3)c2)cc(OC)c1OC. The van der Waals surface area contributed by atoms with E-state index in [2.05, 4.69) is 10.6 Å². The number of benzene rings is 3. The summed E-state index contributed by atoms with van der Waals surface area (Å²) >= 11 is 0. The fourth-order valence-corrected chi connectivity index (χ4v) is 3.08. The number of hydrogen-bond donors (Lipinski definition) is 2. The molecule has 2 amide bonds. The van der Waals surface area contributed by atoms with Crippen LogP contribution in [0.4, 0.5) is 11.4 Å². The van der Waals surface area contributed by atoms with Crippen LogP contribution in [0.15, 0.2) is 60.7 Å². The molecule has 160 valence electrons. The maximum atomic E-state index is 12.8. The number of amides is 2. The Kier molecular flexibility index (Phi) is 6.77. The molecular weight excluding hydrogens is 396 g/mol. The highest BCUT2D eigenvalue weighted by molar-refractivity contribution is 6.07. The van der Waals surface area contributed by atoms with Crippen LogP contribution in [0.2, 0.25) is 0 Å². The number of anilines is 2. The van der Waals surface area contributed by atoms with Gasteiger partial charge in [-0.25, -0.2) is 0 Å². The summed E-state index contributed by atoms with van der Waals surface area (Å²) in [6.07, 6.45) is 0. The highest BCUT2D eigenvalue weighted by Crippen LogP contribution is 2.38. The second kappa shape index (κ2) is 9.67. The fourth-order valence-electron chi connectivity index (χ4n) is 3.08. The van der Waals surface area contributed by atoms with Gasteiger partial charge in [0.1, 0.15) is 0 Å². The maximum Gasteiger partial charge on any atom is 0.255 e. The van der Waals surface area contributed by atoms with Crippen molar-refractivity contribution < 1.29 is 23.8 Å². The molecule has 0 aliphatic heterocycles. The second-order valence-corrected chi connectivity index (χ2v) is 6.77. The minimum Gasteiger partial charge on any atom is -0.493 e. The lowest BCUT2D eigenvalue weighted by molar-refractivity contribution is 0.101. The number of carbonyl (C=O) groups excluding carboxylic acids is 2. The van der Waals surface area contributed by atoms with E-state index in [1.54, 1.807) is 36.4 Å². The van der Waals surface area contributed by atoms with Crippen molar-refractivity contribution in [2.45, 2.75) is 6.92 Å². The number of carbonyl (C=O) groups is 2. The molecule has 0 saturated heterocycles. The zero-order valence-corrected chi connectivity index (χ0v) is 17.8. The zero-order chi connectivity index (χ0) is 22.4. The first-order valence-electron chi connectivity index (χ1n) is 9.54. The third-order valence-electron chi connectivity index (χ3n) is 4.59. The Labute approximate surface area is 180 Å². The van der Waals surface area contributed by atoms with Crippen molar-refractivity contribution in [2.75, 3.05) is 32.0 Å². The van der Waals surface area contributed by atoms with Gasteiger partial charge in [-0.3, -0.25) is 9.59 Å². The maximum absolute atomic E-state index is 12.8. The Morgan fingerprint density at radius 3 is 1.77 bits per heavy atom. The summed E-state index contributed by atoms with van der Waals surface area (Å²) in [6.45, 7) is 1.95. The summed E-state index contributed by atoms with van der Waals surface area (Å²) in [5.41, 5.74) is 2.98. The van der Waals surface area contributed by atoms with Gasteiger partial charge in [0, 0.05) is 22.5 Å². The number of aryl methyl sites for hydroxylation is 1. The molecule has 0 aliphatic rings. The molecule has 0 saturated carbocycles. The lowest BCUT2D eigenvalue weighted by atomic mass is 10.1. The molecule has 3 aromatic rings. The van der Waals surface area contributed by atoms with Gasteiger partial charge in [0.25, 0.3) is 11.8 Å².